The summed E-state index contributed by atoms with van der Waals surface area (Å²) in [6, 6.07) is 0. The lowest BCUT2D eigenvalue weighted by molar-refractivity contribution is -0.186. The Morgan fingerprint density at radius 3 is 1.66 bits per heavy atom. The van der Waals surface area contributed by atoms with Crippen LogP contribution in [0.5, 0.6) is 0 Å². The van der Waals surface area contributed by atoms with Gasteiger partial charge in [0.15, 0.2) is 18.0 Å². The predicted molar refractivity (Wildman–Crippen MR) is 112 cm³/mol. The van der Waals surface area contributed by atoms with E-state index >= 15 is 0 Å². The van der Waals surface area contributed by atoms with Crippen molar-refractivity contribution in [1.29, 1.82) is 0 Å². The number of esters is 2. The molecule has 0 bridgehead atoms. The molecule has 0 aromatic heterocycles. The van der Waals surface area contributed by atoms with E-state index in [1.54, 1.807) is 34.6 Å². The van der Waals surface area contributed by atoms with Crippen molar-refractivity contribution >= 4 is 11.9 Å². The van der Waals surface area contributed by atoms with E-state index < -0.39 is 29.9 Å². The van der Waals surface area contributed by atoms with E-state index in [0.29, 0.717) is 12.3 Å². The molecule has 6 nitrogen and oxygen atoms in total. The highest BCUT2D eigenvalue weighted by Crippen LogP contribution is 2.35. The second-order valence-corrected chi connectivity index (χ2v) is 9.50. The van der Waals surface area contributed by atoms with Gasteiger partial charge in [-0.1, -0.05) is 46.5 Å². The topological polar surface area (TPSA) is 71.1 Å². The molecule has 1 rings (SSSR count). The van der Waals surface area contributed by atoms with Gasteiger partial charge in [-0.25, -0.2) is 9.59 Å². The van der Waals surface area contributed by atoms with E-state index in [1.165, 1.54) is 19.3 Å². The van der Waals surface area contributed by atoms with Crippen LogP contribution in [0.25, 0.3) is 0 Å². The first kappa shape index (κ1) is 25.9. The van der Waals surface area contributed by atoms with E-state index in [1.807, 2.05) is 0 Å². The van der Waals surface area contributed by atoms with Crippen LogP contribution < -0.4 is 0 Å². The Morgan fingerprint density at radius 1 is 0.793 bits per heavy atom. The summed E-state index contributed by atoms with van der Waals surface area (Å²) < 4.78 is 22.4. The maximum atomic E-state index is 12.5. The van der Waals surface area contributed by atoms with Crippen LogP contribution in [0.3, 0.4) is 0 Å². The summed E-state index contributed by atoms with van der Waals surface area (Å²) in [7, 11) is 0. The molecular formula is C23H42O6. The smallest absolute Gasteiger partial charge is 0.339 e. The van der Waals surface area contributed by atoms with Crippen LogP contribution in [0, 0.1) is 11.8 Å². The molecule has 1 fully saturated rings. The summed E-state index contributed by atoms with van der Waals surface area (Å²) in [5, 5.41) is 0. The highest BCUT2D eigenvalue weighted by molar-refractivity contribution is 5.86. The third-order valence-corrected chi connectivity index (χ3v) is 5.00. The van der Waals surface area contributed by atoms with E-state index in [4.69, 9.17) is 18.9 Å². The lowest BCUT2D eigenvalue weighted by Crippen LogP contribution is -2.40. The van der Waals surface area contributed by atoms with E-state index in [9.17, 15) is 9.59 Å². The Kier molecular flexibility index (Phi) is 10.6. The molecule has 0 N–H and O–H groups in total. The Labute approximate surface area is 177 Å². The third-order valence-electron chi connectivity index (χ3n) is 5.00. The molecule has 0 spiro atoms. The van der Waals surface area contributed by atoms with Gasteiger partial charge < -0.3 is 18.9 Å². The van der Waals surface area contributed by atoms with Gasteiger partial charge in [0, 0.05) is 6.42 Å². The molecule has 0 aliphatic carbocycles. The molecule has 3 atom stereocenters. The van der Waals surface area contributed by atoms with Crippen LogP contribution in [0.15, 0.2) is 0 Å². The van der Waals surface area contributed by atoms with E-state index in [2.05, 4.69) is 20.8 Å². The minimum Gasteiger partial charge on any atom is -0.461 e. The van der Waals surface area contributed by atoms with Crippen LogP contribution in [-0.4, -0.2) is 42.1 Å². The largest absolute Gasteiger partial charge is 0.461 e. The van der Waals surface area contributed by atoms with Gasteiger partial charge in [-0.15, -0.1) is 0 Å². The Hall–Kier alpha value is -1.14. The van der Waals surface area contributed by atoms with Gasteiger partial charge in [-0.2, -0.15) is 0 Å². The number of carbonyl (C=O) groups excluding carboxylic acids is 2. The Bertz CT molecular complexity index is 483. The summed E-state index contributed by atoms with van der Waals surface area (Å²) >= 11 is 0. The van der Waals surface area contributed by atoms with Crippen LogP contribution in [0.2, 0.25) is 0 Å². The molecule has 1 heterocycles. The van der Waals surface area contributed by atoms with Crippen molar-refractivity contribution in [3.05, 3.63) is 0 Å². The Balaban J connectivity index is 2.65. The number of hydrogen-bond donors (Lipinski definition) is 0. The average Bonchev–Trinajstić information content (AvgIpc) is 2.91. The number of hydrogen-bond acceptors (Lipinski definition) is 6. The maximum Gasteiger partial charge on any atom is 0.339 e. The molecule has 170 valence electrons. The molecule has 29 heavy (non-hydrogen) atoms. The molecule has 0 amide bonds. The molecule has 1 unspecified atom stereocenters. The van der Waals surface area contributed by atoms with Crippen LogP contribution in [-0.2, 0) is 28.5 Å². The van der Waals surface area contributed by atoms with Crippen LogP contribution in [0.4, 0.5) is 0 Å². The average molecular weight is 415 g/mol. The lowest BCUT2D eigenvalue weighted by Gasteiger charge is -2.24. The molecule has 1 saturated heterocycles. The number of rotatable bonds is 12. The molecule has 1 aliphatic rings. The van der Waals surface area contributed by atoms with Gasteiger partial charge in [-0.05, 0) is 52.9 Å². The van der Waals surface area contributed by atoms with Gasteiger partial charge in [0.05, 0.1) is 12.2 Å². The minimum absolute atomic E-state index is 0.300. The summed E-state index contributed by atoms with van der Waals surface area (Å²) in [5.74, 6) is -0.805. The Morgan fingerprint density at radius 2 is 1.24 bits per heavy atom. The molecule has 0 saturated carbocycles. The second kappa shape index (κ2) is 11.9. The fourth-order valence-corrected chi connectivity index (χ4v) is 3.54. The third kappa shape index (κ3) is 9.47. The zero-order valence-corrected chi connectivity index (χ0v) is 19.7. The number of carbonyl (C=O) groups is 2. The van der Waals surface area contributed by atoms with E-state index in [-0.39, 0.29) is 12.2 Å². The van der Waals surface area contributed by atoms with Crippen molar-refractivity contribution in [2.24, 2.45) is 11.8 Å². The zero-order valence-electron chi connectivity index (χ0n) is 19.7. The van der Waals surface area contributed by atoms with Crippen molar-refractivity contribution in [3.63, 3.8) is 0 Å². The summed E-state index contributed by atoms with van der Waals surface area (Å²) in [6.07, 6.45) is 3.48. The van der Waals surface area contributed by atoms with Crippen molar-refractivity contribution in [2.45, 2.75) is 124 Å². The second-order valence-electron chi connectivity index (χ2n) is 9.50. The molecule has 0 aromatic rings. The molecule has 1 aliphatic heterocycles. The SMILES string of the molecule is CC(C)CCCC(C)CCCC1(C)O[C@@H](C(=O)OC(C)C)[C@H](C(=O)OC(C)C)O1. The first-order chi connectivity index (χ1) is 13.4. The van der Waals surface area contributed by atoms with Crippen LogP contribution >= 0.6 is 0 Å². The van der Waals surface area contributed by atoms with Gasteiger partial charge in [0.1, 0.15) is 0 Å². The molecule has 0 aromatic carbocycles. The fourth-order valence-electron chi connectivity index (χ4n) is 3.54. The summed E-state index contributed by atoms with van der Waals surface area (Å²) in [6.45, 7) is 15.6. The number of ether oxygens (including phenoxy) is 4. The lowest BCUT2D eigenvalue weighted by atomic mass is 9.94. The van der Waals surface area contributed by atoms with Gasteiger partial charge in [0.25, 0.3) is 0 Å². The summed E-state index contributed by atoms with van der Waals surface area (Å²) in [5.41, 5.74) is 0. The molecule has 6 heteroatoms. The van der Waals surface area contributed by atoms with Gasteiger partial charge in [-0.3, -0.25) is 0 Å². The van der Waals surface area contributed by atoms with E-state index in [0.717, 1.165) is 18.8 Å². The first-order valence-electron chi connectivity index (χ1n) is 11.2. The van der Waals surface area contributed by atoms with Crippen molar-refractivity contribution in [2.75, 3.05) is 0 Å². The van der Waals surface area contributed by atoms with Crippen LogP contribution in [0.1, 0.15) is 93.9 Å². The molecule has 0 radical (unpaired) electrons. The normalized spacial score (nSPS) is 22.3. The molecular weight excluding hydrogens is 372 g/mol. The highest BCUT2D eigenvalue weighted by atomic mass is 16.8. The van der Waals surface area contributed by atoms with Gasteiger partial charge >= 0.3 is 11.9 Å². The van der Waals surface area contributed by atoms with Crippen molar-refractivity contribution < 1.29 is 28.5 Å². The predicted octanol–water partition coefficient (Wildman–Crippen LogP) is 5.02. The zero-order chi connectivity index (χ0) is 22.2. The highest BCUT2D eigenvalue weighted by Gasteiger charge is 2.52. The fraction of sp³-hybridized carbons (Fsp3) is 0.913. The quantitative estimate of drug-likeness (QED) is 0.418. The summed E-state index contributed by atoms with van der Waals surface area (Å²) in [4.78, 5) is 24.9. The first-order valence-corrected chi connectivity index (χ1v) is 11.2. The maximum absolute atomic E-state index is 12.5. The van der Waals surface area contributed by atoms with Gasteiger partial charge in [0.2, 0.25) is 0 Å². The van der Waals surface area contributed by atoms with Crippen molar-refractivity contribution in [3.8, 4) is 0 Å². The van der Waals surface area contributed by atoms with Crippen molar-refractivity contribution in [1.82, 2.24) is 0 Å². The monoisotopic (exact) mass is 414 g/mol. The minimum atomic E-state index is -1.10. The standard InChI is InChI=1S/C23H42O6/c1-15(2)11-9-12-18(7)13-10-14-23(8)28-19(21(24)26-16(3)4)20(29-23)22(25)27-17(5)6/h15-20H,9-14H2,1-8H3/t18?,19-,20-/m1/s1.